The van der Waals surface area contributed by atoms with E-state index >= 15 is 0 Å². The third-order valence-electron chi connectivity index (χ3n) is 2.47. The molecule has 2 heteroatoms. The van der Waals surface area contributed by atoms with Gasteiger partial charge in [-0.1, -0.05) is 30.3 Å². The minimum Gasteiger partial charge on any atom is -0.330 e. The maximum absolute atomic E-state index is 5.42. The van der Waals surface area contributed by atoms with Gasteiger partial charge in [-0.15, -0.1) is 0 Å². The van der Waals surface area contributed by atoms with Crippen LogP contribution in [0.4, 0.5) is 0 Å². The largest absolute Gasteiger partial charge is 0.330 e. The van der Waals surface area contributed by atoms with Crippen LogP contribution in [0.25, 0.3) is 0 Å². The summed E-state index contributed by atoms with van der Waals surface area (Å²) in [5.74, 6) is 0. The van der Waals surface area contributed by atoms with Crippen LogP contribution in [0.5, 0.6) is 0 Å². The van der Waals surface area contributed by atoms with E-state index in [1.807, 2.05) is 0 Å². The van der Waals surface area contributed by atoms with Crippen molar-refractivity contribution in [2.75, 3.05) is 19.6 Å². The molecule has 1 rings (SSSR count). The number of rotatable bonds is 8. The van der Waals surface area contributed by atoms with E-state index in [2.05, 4.69) is 35.6 Å². The minimum atomic E-state index is 0.811. The third kappa shape index (κ3) is 6.26. The molecule has 1 aromatic carbocycles. The summed E-state index contributed by atoms with van der Waals surface area (Å²) in [7, 11) is 0. The van der Waals surface area contributed by atoms with Gasteiger partial charge in [0.05, 0.1) is 0 Å². The first-order valence-corrected chi connectivity index (χ1v) is 5.88. The third-order valence-corrected chi connectivity index (χ3v) is 2.47. The van der Waals surface area contributed by atoms with Crippen molar-refractivity contribution in [3.8, 4) is 0 Å². The molecule has 0 bridgehead atoms. The number of hydrogen-bond donors (Lipinski definition) is 2. The molecule has 0 aliphatic heterocycles. The minimum absolute atomic E-state index is 0.811. The molecule has 0 atom stereocenters. The molecule has 0 aromatic heterocycles. The van der Waals surface area contributed by atoms with Crippen LogP contribution in [0.15, 0.2) is 30.3 Å². The Bertz CT molecular complexity index is 234. The van der Waals surface area contributed by atoms with E-state index in [-0.39, 0.29) is 0 Å². The SMILES string of the molecule is NCCCCNCCCc1ccccc1. The van der Waals surface area contributed by atoms with Crippen molar-refractivity contribution < 1.29 is 0 Å². The summed E-state index contributed by atoms with van der Waals surface area (Å²) in [6.07, 6.45) is 4.71. The summed E-state index contributed by atoms with van der Waals surface area (Å²) in [4.78, 5) is 0. The number of hydrogen-bond acceptors (Lipinski definition) is 2. The van der Waals surface area contributed by atoms with Gasteiger partial charge in [0.15, 0.2) is 0 Å². The van der Waals surface area contributed by atoms with E-state index in [4.69, 9.17) is 5.73 Å². The van der Waals surface area contributed by atoms with Crippen LogP contribution < -0.4 is 11.1 Å². The second kappa shape index (κ2) is 8.45. The number of nitrogens with one attached hydrogen (secondary N) is 1. The van der Waals surface area contributed by atoms with Gasteiger partial charge in [-0.25, -0.2) is 0 Å². The van der Waals surface area contributed by atoms with Gasteiger partial charge in [0.2, 0.25) is 0 Å². The molecular formula is C13H22N2. The summed E-state index contributed by atoms with van der Waals surface area (Å²) < 4.78 is 0. The van der Waals surface area contributed by atoms with Gasteiger partial charge < -0.3 is 11.1 Å². The molecule has 1 aromatic rings. The van der Waals surface area contributed by atoms with Gasteiger partial charge in [-0.05, 0) is 50.9 Å². The fourth-order valence-corrected chi connectivity index (χ4v) is 1.58. The van der Waals surface area contributed by atoms with Gasteiger partial charge >= 0.3 is 0 Å². The number of aryl methyl sites for hydroxylation is 1. The Morgan fingerprint density at radius 2 is 1.67 bits per heavy atom. The highest BCUT2D eigenvalue weighted by Crippen LogP contribution is 2.01. The number of nitrogens with two attached hydrogens (primary N) is 1. The lowest BCUT2D eigenvalue weighted by atomic mass is 10.1. The highest BCUT2D eigenvalue weighted by atomic mass is 14.8. The molecule has 84 valence electrons. The van der Waals surface area contributed by atoms with E-state index in [9.17, 15) is 0 Å². The van der Waals surface area contributed by atoms with Crippen LogP contribution in [0, 0.1) is 0 Å². The molecule has 0 aliphatic carbocycles. The van der Waals surface area contributed by atoms with Gasteiger partial charge in [-0.2, -0.15) is 0 Å². The molecule has 15 heavy (non-hydrogen) atoms. The molecule has 0 amide bonds. The fourth-order valence-electron chi connectivity index (χ4n) is 1.58. The molecule has 0 saturated carbocycles. The van der Waals surface area contributed by atoms with Gasteiger partial charge in [0.25, 0.3) is 0 Å². The van der Waals surface area contributed by atoms with Crippen LogP contribution >= 0.6 is 0 Å². The molecule has 0 spiro atoms. The standard InChI is InChI=1S/C13H22N2/c14-10-4-5-11-15-12-6-9-13-7-2-1-3-8-13/h1-3,7-8,15H,4-6,9-12,14H2. The Hall–Kier alpha value is -0.860. The Morgan fingerprint density at radius 3 is 2.40 bits per heavy atom. The van der Waals surface area contributed by atoms with Crippen molar-refractivity contribution in [1.29, 1.82) is 0 Å². The number of benzene rings is 1. The highest BCUT2D eigenvalue weighted by molar-refractivity contribution is 5.14. The molecule has 0 saturated heterocycles. The maximum atomic E-state index is 5.42. The predicted octanol–water partition coefficient (Wildman–Crippen LogP) is 1.95. The van der Waals surface area contributed by atoms with Crippen LogP contribution in [0.1, 0.15) is 24.8 Å². The molecule has 0 heterocycles. The van der Waals surface area contributed by atoms with Gasteiger partial charge in [-0.3, -0.25) is 0 Å². The molecule has 3 N–H and O–H groups in total. The van der Waals surface area contributed by atoms with Crippen molar-refractivity contribution in [3.63, 3.8) is 0 Å². The zero-order valence-electron chi connectivity index (χ0n) is 9.41. The first-order valence-electron chi connectivity index (χ1n) is 5.88. The summed E-state index contributed by atoms with van der Waals surface area (Å²) in [6, 6.07) is 10.6. The van der Waals surface area contributed by atoms with Crippen molar-refractivity contribution in [3.05, 3.63) is 35.9 Å². The van der Waals surface area contributed by atoms with Gasteiger partial charge in [0, 0.05) is 0 Å². The van der Waals surface area contributed by atoms with E-state index in [1.54, 1.807) is 0 Å². The Labute approximate surface area is 92.9 Å². The first kappa shape index (κ1) is 12.2. The first-order chi connectivity index (χ1) is 7.43. The summed E-state index contributed by atoms with van der Waals surface area (Å²) in [5, 5.41) is 3.43. The lowest BCUT2D eigenvalue weighted by Gasteiger charge is -2.04. The predicted molar refractivity (Wildman–Crippen MR) is 65.9 cm³/mol. The van der Waals surface area contributed by atoms with Crippen LogP contribution in [0.2, 0.25) is 0 Å². The fraction of sp³-hybridized carbons (Fsp3) is 0.538. The van der Waals surface area contributed by atoms with Crippen LogP contribution in [-0.2, 0) is 6.42 Å². The van der Waals surface area contributed by atoms with Crippen molar-refractivity contribution in [2.45, 2.75) is 25.7 Å². The summed E-state index contributed by atoms with van der Waals surface area (Å²) in [5.41, 5.74) is 6.85. The Morgan fingerprint density at radius 1 is 0.933 bits per heavy atom. The lowest BCUT2D eigenvalue weighted by molar-refractivity contribution is 0.607. The van der Waals surface area contributed by atoms with E-state index < -0.39 is 0 Å². The summed E-state index contributed by atoms with van der Waals surface area (Å²) in [6.45, 7) is 3.02. The second-order valence-electron chi connectivity index (χ2n) is 3.83. The molecular weight excluding hydrogens is 184 g/mol. The molecule has 0 radical (unpaired) electrons. The molecule has 0 aliphatic rings. The molecule has 2 nitrogen and oxygen atoms in total. The number of unbranched alkanes of at least 4 members (excludes halogenated alkanes) is 1. The normalized spacial score (nSPS) is 10.5. The summed E-state index contributed by atoms with van der Waals surface area (Å²) >= 11 is 0. The topological polar surface area (TPSA) is 38.0 Å². The lowest BCUT2D eigenvalue weighted by Crippen LogP contribution is -2.18. The average Bonchev–Trinajstić information content (AvgIpc) is 2.29. The van der Waals surface area contributed by atoms with Crippen LogP contribution in [0.3, 0.4) is 0 Å². The smallest absolute Gasteiger partial charge is 0.00457 e. The second-order valence-corrected chi connectivity index (χ2v) is 3.83. The molecule has 0 fully saturated rings. The Balaban J connectivity index is 1.93. The van der Waals surface area contributed by atoms with Crippen molar-refractivity contribution in [2.24, 2.45) is 5.73 Å². The van der Waals surface area contributed by atoms with Crippen molar-refractivity contribution in [1.82, 2.24) is 5.32 Å². The van der Waals surface area contributed by atoms with E-state index in [0.29, 0.717) is 0 Å². The maximum Gasteiger partial charge on any atom is -0.00457 e. The molecule has 0 unspecified atom stereocenters. The quantitative estimate of drug-likeness (QED) is 0.638. The zero-order chi connectivity index (χ0) is 10.8. The highest BCUT2D eigenvalue weighted by Gasteiger charge is 1.91. The van der Waals surface area contributed by atoms with Crippen LogP contribution in [-0.4, -0.2) is 19.6 Å². The Kier molecular flexibility index (Phi) is 6.88. The van der Waals surface area contributed by atoms with E-state index in [1.165, 1.54) is 24.8 Å². The zero-order valence-corrected chi connectivity index (χ0v) is 9.41. The average molecular weight is 206 g/mol. The van der Waals surface area contributed by atoms with Crippen molar-refractivity contribution >= 4 is 0 Å². The monoisotopic (exact) mass is 206 g/mol. The van der Waals surface area contributed by atoms with Gasteiger partial charge in [0.1, 0.15) is 0 Å². The van der Waals surface area contributed by atoms with E-state index in [0.717, 1.165) is 26.1 Å².